The zero-order valence-electron chi connectivity index (χ0n) is 18.9. The Morgan fingerprint density at radius 1 is 0.941 bits per heavy atom. The number of anilines is 1. The smallest absolute Gasteiger partial charge is 0.251 e. The monoisotopic (exact) mass is 520 g/mol. The van der Waals surface area contributed by atoms with Crippen molar-refractivity contribution in [3.63, 3.8) is 0 Å². The first-order chi connectivity index (χ1) is 16.2. The third-order valence-corrected chi connectivity index (χ3v) is 7.00. The highest BCUT2D eigenvalue weighted by Crippen LogP contribution is 2.29. The number of benzene rings is 3. The third-order valence-electron chi connectivity index (χ3n) is 5.12. The molecule has 1 amide bonds. The maximum absolute atomic E-state index is 12.4. The number of hydrogen-bond acceptors (Lipinski definition) is 4. The summed E-state index contributed by atoms with van der Waals surface area (Å²) >= 11 is 12.0. The number of carbonyl (C=O) groups is 1. The van der Waals surface area contributed by atoms with Crippen molar-refractivity contribution in [3.8, 4) is 5.75 Å². The lowest BCUT2D eigenvalue weighted by Crippen LogP contribution is -2.29. The first-order valence-corrected chi connectivity index (χ1v) is 13.3. The molecule has 0 aliphatic heterocycles. The van der Waals surface area contributed by atoms with Crippen LogP contribution in [-0.2, 0) is 23.0 Å². The van der Waals surface area contributed by atoms with E-state index >= 15 is 0 Å². The van der Waals surface area contributed by atoms with Gasteiger partial charge in [0.15, 0.2) is 0 Å². The molecule has 3 rings (SSSR count). The number of ether oxygens (including phenoxy) is 1. The maximum Gasteiger partial charge on any atom is 0.251 e. The van der Waals surface area contributed by atoms with Crippen LogP contribution in [-0.4, -0.2) is 33.7 Å². The van der Waals surface area contributed by atoms with E-state index in [0.717, 1.165) is 18.4 Å². The van der Waals surface area contributed by atoms with Crippen molar-refractivity contribution < 1.29 is 17.9 Å². The van der Waals surface area contributed by atoms with Gasteiger partial charge in [-0.2, -0.15) is 0 Å². The van der Waals surface area contributed by atoms with Gasteiger partial charge in [-0.3, -0.25) is 9.10 Å². The molecule has 0 radical (unpaired) electrons. The predicted octanol–water partition coefficient (Wildman–Crippen LogP) is 5.33. The molecule has 0 heterocycles. The molecular weight excluding hydrogens is 495 g/mol. The average Bonchev–Trinajstić information content (AvgIpc) is 2.82. The van der Waals surface area contributed by atoms with Crippen molar-refractivity contribution in [2.75, 3.05) is 23.7 Å². The lowest BCUT2D eigenvalue weighted by Gasteiger charge is -2.23. The molecule has 0 saturated heterocycles. The Labute approximate surface area is 210 Å². The van der Waals surface area contributed by atoms with Crippen LogP contribution in [0.15, 0.2) is 66.7 Å². The van der Waals surface area contributed by atoms with Gasteiger partial charge in [-0.1, -0.05) is 54.4 Å². The topological polar surface area (TPSA) is 75.7 Å². The van der Waals surface area contributed by atoms with Crippen molar-refractivity contribution in [3.05, 3.63) is 93.5 Å². The molecule has 0 atom stereocenters. The fourth-order valence-corrected chi connectivity index (χ4v) is 4.40. The summed E-state index contributed by atoms with van der Waals surface area (Å²) in [5, 5.41) is 3.42. The largest absolute Gasteiger partial charge is 0.492 e. The van der Waals surface area contributed by atoms with E-state index in [1.54, 1.807) is 36.4 Å². The molecule has 1 N–H and O–H groups in total. The summed E-state index contributed by atoms with van der Waals surface area (Å²) in [6.07, 6.45) is 2.09. The number of halogens is 2. The number of amides is 1. The van der Waals surface area contributed by atoms with Gasteiger partial charge in [0.1, 0.15) is 12.4 Å². The third kappa shape index (κ3) is 7.13. The van der Waals surface area contributed by atoms with E-state index < -0.39 is 10.0 Å². The summed E-state index contributed by atoms with van der Waals surface area (Å²) in [5.74, 6) is 0.522. The van der Waals surface area contributed by atoms with Gasteiger partial charge in [0.05, 0.1) is 35.1 Å². The Kier molecular flexibility index (Phi) is 8.83. The van der Waals surface area contributed by atoms with Crippen LogP contribution in [0.25, 0.3) is 0 Å². The summed E-state index contributed by atoms with van der Waals surface area (Å²) in [6, 6.07) is 19.3. The van der Waals surface area contributed by atoms with Gasteiger partial charge in [0.2, 0.25) is 10.0 Å². The molecule has 0 spiro atoms. The molecule has 3 aromatic rings. The zero-order valence-corrected chi connectivity index (χ0v) is 21.3. The van der Waals surface area contributed by atoms with Gasteiger partial charge in [0, 0.05) is 5.56 Å². The molecule has 0 aliphatic carbocycles. The van der Waals surface area contributed by atoms with Crippen LogP contribution in [0.3, 0.4) is 0 Å². The second-order valence-electron chi connectivity index (χ2n) is 7.67. The number of sulfonamides is 1. The quantitative estimate of drug-likeness (QED) is 0.366. The fourth-order valence-electron chi connectivity index (χ4n) is 3.22. The SMILES string of the molecule is CCc1ccc(OCCNC(=O)c2ccc(CN(c3ccc(Cl)c(Cl)c3)S(C)(=O)=O)cc2)cc1. The van der Waals surface area contributed by atoms with Gasteiger partial charge in [0.25, 0.3) is 5.91 Å². The Hall–Kier alpha value is -2.74. The zero-order chi connectivity index (χ0) is 24.7. The molecule has 0 unspecified atom stereocenters. The summed E-state index contributed by atoms with van der Waals surface area (Å²) in [4.78, 5) is 12.4. The van der Waals surface area contributed by atoms with E-state index in [-0.39, 0.29) is 17.5 Å². The number of carbonyl (C=O) groups excluding carboxylic acids is 1. The number of hydrogen-bond donors (Lipinski definition) is 1. The van der Waals surface area contributed by atoms with Gasteiger partial charge >= 0.3 is 0 Å². The van der Waals surface area contributed by atoms with Crippen molar-refractivity contribution in [2.24, 2.45) is 0 Å². The average molecular weight is 521 g/mol. The fraction of sp³-hybridized carbons (Fsp3) is 0.240. The molecular formula is C25H26Cl2N2O4S. The van der Waals surface area contributed by atoms with E-state index in [0.29, 0.717) is 35.0 Å². The van der Waals surface area contributed by atoms with Crippen molar-refractivity contribution >= 4 is 44.8 Å². The van der Waals surface area contributed by atoms with Crippen LogP contribution in [0.1, 0.15) is 28.4 Å². The van der Waals surface area contributed by atoms with Crippen LogP contribution in [0.5, 0.6) is 5.75 Å². The van der Waals surface area contributed by atoms with Crippen LogP contribution in [0.2, 0.25) is 10.0 Å². The van der Waals surface area contributed by atoms with E-state index in [4.69, 9.17) is 27.9 Å². The van der Waals surface area contributed by atoms with Gasteiger partial charge < -0.3 is 10.1 Å². The Bertz CT molecular complexity index is 1230. The van der Waals surface area contributed by atoms with E-state index in [1.807, 2.05) is 24.3 Å². The number of nitrogens with zero attached hydrogens (tertiary/aromatic N) is 1. The molecule has 34 heavy (non-hydrogen) atoms. The second kappa shape index (κ2) is 11.6. The maximum atomic E-state index is 12.4. The number of aryl methyl sites for hydroxylation is 1. The normalized spacial score (nSPS) is 11.2. The molecule has 0 fully saturated rings. The molecule has 0 saturated carbocycles. The van der Waals surface area contributed by atoms with Crippen LogP contribution in [0, 0.1) is 0 Å². The van der Waals surface area contributed by atoms with Gasteiger partial charge in [-0.25, -0.2) is 8.42 Å². The summed E-state index contributed by atoms with van der Waals surface area (Å²) < 4.78 is 31.6. The summed E-state index contributed by atoms with van der Waals surface area (Å²) in [5.41, 5.74) is 2.83. The first kappa shape index (κ1) is 25.9. The molecule has 0 aromatic heterocycles. The van der Waals surface area contributed by atoms with Crippen LogP contribution >= 0.6 is 23.2 Å². The summed E-state index contributed by atoms with van der Waals surface area (Å²) in [7, 11) is -3.58. The highest BCUT2D eigenvalue weighted by Gasteiger charge is 2.19. The minimum Gasteiger partial charge on any atom is -0.492 e. The molecule has 0 aliphatic rings. The van der Waals surface area contributed by atoms with Gasteiger partial charge in [-0.15, -0.1) is 0 Å². The van der Waals surface area contributed by atoms with E-state index in [2.05, 4.69) is 12.2 Å². The Balaban J connectivity index is 1.57. The lowest BCUT2D eigenvalue weighted by atomic mass is 10.1. The van der Waals surface area contributed by atoms with E-state index in [9.17, 15) is 13.2 Å². The lowest BCUT2D eigenvalue weighted by molar-refractivity contribution is 0.0947. The van der Waals surface area contributed by atoms with Gasteiger partial charge in [-0.05, 0) is 60.0 Å². The highest BCUT2D eigenvalue weighted by atomic mass is 35.5. The second-order valence-corrected chi connectivity index (χ2v) is 10.4. The van der Waals surface area contributed by atoms with Crippen molar-refractivity contribution in [1.82, 2.24) is 5.32 Å². The van der Waals surface area contributed by atoms with E-state index in [1.165, 1.54) is 15.9 Å². The standard InChI is InChI=1S/C25H26Cl2N2O4S/c1-3-18-6-11-22(12-7-18)33-15-14-28-25(30)20-8-4-19(5-9-20)17-29(34(2,31)32)21-10-13-23(26)24(27)16-21/h4-13,16H,3,14-15,17H2,1-2H3,(H,28,30). The van der Waals surface area contributed by atoms with Crippen molar-refractivity contribution in [1.29, 1.82) is 0 Å². The van der Waals surface area contributed by atoms with Crippen LogP contribution in [0.4, 0.5) is 5.69 Å². The molecule has 6 nitrogen and oxygen atoms in total. The molecule has 180 valence electrons. The Morgan fingerprint density at radius 2 is 1.59 bits per heavy atom. The summed E-state index contributed by atoms with van der Waals surface area (Å²) in [6.45, 7) is 2.89. The molecule has 3 aromatic carbocycles. The van der Waals surface area contributed by atoms with Crippen LogP contribution < -0.4 is 14.4 Å². The molecule has 0 bridgehead atoms. The number of rotatable bonds is 10. The number of nitrogens with one attached hydrogen (secondary N) is 1. The minimum absolute atomic E-state index is 0.0867. The minimum atomic E-state index is -3.58. The Morgan fingerprint density at radius 3 is 2.18 bits per heavy atom. The van der Waals surface area contributed by atoms with Crippen molar-refractivity contribution in [2.45, 2.75) is 19.9 Å². The first-order valence-electron chi connectivity index (χ1n) is 10.7. The molecule has 9 heteroatoms. The highest BCUT2D eigenvalue weighted by molar-refractivity contribution is 7.92. The predicted molar refractivity (Wildman–Crippen MR) is 138 cm³/mol.